The van der Waals surface area contributed by atoms with Crippen LogP contribution in [0.5, 0.6) is 0 Å². The second-order valence-electron chi connectivity index (χ2n) is 6.71. The van der Waals surface area contributed by atoms with Crippen LogP contribution >= 0.6 is 0 Å². The number of hydrogen-bond acceptors (Lipinski definition) is 2. The molecule has 0 saturated carbocycles. The first-order valence-corrected chi connectivity index (χ1v) is 8.36. The van der Waals surface area contributed by atoms with Crippen molar-refractivity contribution in [2.24, 2.45) is 0 Å². The average Bonchev–Trinajstić information content (AvgIpc) is 2.52. The molecule has 6 heteroatoms. The molecule has 0 spiro atoms. The fraction of sp³-hybridized carbons (Fsp3) is 0.556. The minimum Gasteiger partial charge on any atom is -0.481 e. The molecule has 24 heavy (non-hydrogen) atoms. The number of carboxylic acids is 1. The number of benzene rings is 1. The number of hydrogen-bond donors (Lipinski definition) is 2. The van der Waals surface area contributed by atoms with Gasteiger partial charge in [-0.1, -0.05) is 30.3 Å². The summed E-state index contributed by atoms with van der Waals surface area (Å²) in [6.07, 6.45) is 1.98. The molecule has 2 rings (SSSR count). The number of carbonyl (C=O) groups is 2. The molecule has 5 nitrogen and oxygen atoms in total. The third-order valence-electron chi connectivity index (χ3n) is 4.29. The van der Waals surface area contributed by atoms with Gasteiger partial charge in [-0.25, -0.2) is 9.18 Å². The first-order chi connectivity index (χ1) is 11.4. The number of alkyl halides is 1. The van der Waals surface area contributed by atoms with Gasteiger partial charge in [-0.2, -0.15) is 0 Å². The zero-order valence-electron chi connectivity index (χ0n) is 14.0. The summed E-state index contributed by atoms with van der Waals surface area (Å²) in [6, 6.07) is 9.01. The summed E-state index contributed by atoms with van der Waals surface area (Å²) < 4.78 is 14.1. The van der Waals surface area contributed by atoms with Crippen molar-refractivity contribution in [3.8, 4) is 0 Å². The lowest BCUT2D eigenvalue weighted by Gasteiger charge is -2.36. The largest absolute Gasteiger partial charge is 0.481 e. The fourth-order valence-corrected chi connectivity index (χ4v) is 3.06. The molecule has 2 N–H and O–H groups in total. The molecule has 0 radical (unpaired) electrons. The Bertz CT molecular complexity index is 563. The summed E-state index contributed by atoms with van der Waals surface area (Å²) in [5, 5.41) is 11.8. The first-order valence-electron chi connectivity index (χ1n) is 8.36. The Morgan fingerprint density at radius 3 is 2.71 bits per heavy atom. The predicted octanol–water partition coefficient (Wildman–Crippen LogP) is 3.00. The summed E-state index contributed by atoms with van der Waals surface area (Å²) in [6.45, 7) is 2.12. The number of urea groups is 1. The van der Waals surface area contributed by atoms with Crippen LogP contribution in [0.15, 0.2) is 30.3 Å². The number of amides is 2. The number of nitrogens with one attached hydrogen (secondary N) is 1. The van der Waals surface area contributed by atoms with E-state index in [2.05, 4.69) is 5.32 Å². The van der Waals surface area contributed by atoms with E-state index < -0.39 is 11.6 Å². The minimum absolute atomic E-state index is 0.0153. The van der Waals surface area contributed by atoms with Crippen molar-refractivity contribution in [2.45, 2.75) is 50.7 Å². The van der Waals surface area contributed by atoms with E-state index in [0.717, 1.165) is 5.56 Å². The molecule has 132 valence electrons. The number of aliphatic carboxylic acids is 1. The molecule has 1 aliphatic heterocycles. The quantitative estimate of drug-likeness (QED) is 0.839. The highest BCUT2D eigenvalue weighted by Gasteiger charge is 2.33. The topological polar surface area (TPSA) is 69.6 Å². The number of likely N-dealkylation sites (tertiary alicyclic amines) is 1. The van der Waals surface area contributed by atoms with Crippen molar-refractivity contribution in [3.05, 3.63) is 35.9 Å². The monoisotopic (exact) mass is 336 g/mol. The molecule has 2 amide bonds. The Hall–Kier alpha value is -2.11. The highest BCUT2D eigenvalue weighted by molar-refractivity contribution is 5.75. The van der Waals surface area contributed by atoms with Crippen molar-refractivity contribution < 1.29 is 19.1 Å². The van der Waals surface area contributed by atoms with Crippen molar-refractivity contribution in [3.63, 3.8) is 0 Å². The van der Waals surface area contributed by atoms with E-state index in [-0.39, 0.29) is 25.0 Å². The van der Waals surface area contributed by atoms with Crippen molar-refractivity contribution in [1.29, 1.82) is 0 Å². The van der Waals surface area contributed by atoms with Crippen molar-refractivity contribution in [1.82, 2.24) is 10.2 Å². The molecule has 2 atom stereocenters. The van der Waals surface area contributed by atoms with Crippen LogP contribution in [0.1, 0.15) is 38.2 Å². The number of carboxylic acid groups (broad SMARTS) is 1. The molecule has 1 fully saturated rings. The third-order valence-corrected chi connectivity index (χ3v) is 4.29. The highest BCUT2D eigenvalue weighted by Crippen LogP contribution is 2.24. The summed E-state index contributed by atoms with van der Waals surface area (Å²) >= 11 is 0. The van der Waals surface area contributed by atoms with Gasteiger partial charge < -0.3 is 15.3 Å². The van der Waals surface area contributed by atoms with E-state index in [1.807, 2.05) is 30.3 Å². The lowest BCUT2D eigenvalue weighted by atomic mass is 9.97. The van der Waals surface area contributed by atoms with Crippen LogP contribution in [0.25, 0.3) is 0 Å². The highest BCUT2D eigenvalue weighted by atomic mass is 19.1. The molecule has 2 unspecified atom stereocenters. The minimum atomic E-state index is -1.36. The van der Waals surface area contributed by atoms with E-state index in [1.54, 1.807) is 0 Å². The number of carbonyl (C=O) groups excluding carboxylic acids is 1. The zero-order chi connectivity index (χ0) is 17.6. The Morgan fingerprint density at radius 1 is 1.38 bits per heavy atom. The van der Waals surface area contributed by atoms with Gasteiger partial charge in [-0.3, -0.25) is 4.79 Å². The van der Waals surface area contributed by atoms with Gasteiger partial charge in [-0.15, -0.1) is 0 Å². The number of halogens is 1. The van der Waals surface area contributed by atoms with E-state index >= 15 is 0 Å². The third kappa shape index (κ3) is 5.83. The van der Waals surface area contributed by atoms with Crippen LogP contribution in [0.3, 0.4) is 0 Å². The Kier molecular flexibility index (Phi) is 6.17. The second kappa shape index (κ2) is 8.13. The van der Waals surface area contributed by atoms with Gasteiger partial charge in [0.1, 0.15) is 5.67 Å². The molecular weight excluding hydrogens is 311 g/mol. The van der Waals surface area contributed by atoms with Crippen LogP contribution in [0.2, 0.25) is 0 Å². The van der Waals surface area contributed by atoms with Crippen molar-refractivity contribution in [2.75, 3.05) is 13.1 Å². The molecule has 1 aromatic rings. The summed E-state index contributed by atoms with van der Waals surface area (Å²) in [5.41, 5.74) is -0.326. The van der Waals surface area contributed by atoms with E-state index in [4.69, 9.17) is 5.11 Å². The molecular formula is C18H25FN2O3. The second-order valence-corrected chi connectivity index (χ2v) is 6.71. The Balaban J connectivity index is 1.98. The maximum atomic E-state index is 14.1. The predicted molar refractivity (Wildman–Crippen MR) is 89.7 cm³/mol. The van der Waals surface area contributed by atoms with Crippen LogP contribution in [-0.4, -0.2) is 46.8 Å². The van der Waals surface area contributed by atoms with Crippen LogP contribution < -0.4 is 5.32 Å². The van der Waals surface area contributed by atoms with Gasteiger partial charge in [0.05, 0.1) is 6.54 Å². The van der Waals surface area contributed by atoms with Gasteiger partial charge in [0, 0.05) is 19.0 Å². The smallest absolute Gasteiger partial charge is 0.317 e. The van der Waals surface area contributed by atoms with Gasteiger partial charge in [0.15, 0.2) is 0 Å². The standard InChI is InChI=1S/C18H25FN2O3/c1-18(19)10-5-11-21(13-18)17(24)20-15(8-9-16(22)23)12-14-6-3-2-4-7-14/h2-4,6-7,15H,5,8-13H2,1H3,(H,20,24)(H,22,23). The summed E-state index contributed by atoms with van der Waals surface area (Å²) in [5.74, 6) is -0.892. The molecule has 1 saturated heterocycles. The van der Waals surface area contributed by atoms with Crippen LogP contribution in [-0.2, 0) is 11.2 Å². The van der Waals surface area contributed by atoms with E-state index in [0.29, 0.717) is 32.2 Å². The number of rotatable bonds is 6. The van der Waals surface area contributed by atoms with Gasteiger partial charge in [-0.05, 0) is 38.2 Å². The van der Waals surface area contributed by atoms with E-state index in [1.165, 1.54) is 11.8 Å². The summed E-state index contributed by atoms with van der Waals surface area (Å²) in [7, 11) is 0. The maximum Gasteiger partial charge on any atom is 0.317 e. The van der Waals surface area contributed by atoms with Gasteiger partial charge in [0.2, 0.25) is 0 Å². The first kappa shape index (κ1) is 18.2. The molecule has 1 aliphatic rings. The zero-order valence-corrected chi connectivity index (χ0v) is 14.0. The molecule has 0 aliphatic carbocycles. The van der Waals surface area contributed by atoms with Crippen LogP contribution in [0, 0.1) is 0 Å². The fourth-order valence-electron chi connectivity index (χ4n) is 3.06. The number of nitrogens with zero attached hydrogens (tertiary/aromatic N) is 1. The molecule has 1 heterocycles. The lowest BCUT2D eigenvalue weighted by Crippen LogP contribution is -2.52. The van der Waals surface area contributed by atoms with Crippen molar-refractivity contribution >= 4 is 12.0 Å². The normalized spacial score (nSPS) is 22.0. The van der Waals surface area contributed by atoms with E-state index in [9.17, 15) is 14.0 Å². The SMILES string of the molecule is CC1(F)CCCN(C(=O)NC(CCC(=O)O)Cc2ccccc2)C1. The molecule has 0 aromatic heterocycles. The Labute approximate surface area is 141 Å². The summed E-state index contributed by atoms with van der Waals surface area (Å²) in [4.78, 5) is 24.8. The number of piperidine rings is 1. The molecule has 0 bridgehead atoms. The molecule has 1 aromatic carbocycles. The van der Waals surface area contributed by atoms with Gasteiger partial charge in [0.25, 0.3) is 0 Å². The lowest BCUT2D eigenvalue weighted by molar-refractivity contribution is -0.137. The maximum absolute atomic E-state index is 14.1. The van der Waals surface area contributed by atoms with Crippen LogP contribution in [0.4, 0.5) is 9.18 Å². The average molecular weight is 336 g/mol. The Morgan fingerprint density at radius 2 is 2.08 bits per heavy atom. The van der Waals surface area contributed by atoms with Gasteiger partial charge >= 0.3 is 12.0 Å².